The number of para-hydroxylation sites is 1. The van der Waals surface area contributed by atoms with E-state index in [1.807, 2.05) is 65.6 Å². The maximum absolute atomic E-state index is 13.2. The van der Waals surface area contributed by atoms with Gasteiger partial charge in [0.2, 0.25) is 11.8 Å². The highest BCUT2D eigenvalue weighted by Crippen LogP contribution is 2.21. The lowest BCUT2D eigenvalue weighted by Gasteiger charge is -2.34. The zero-order chi connectivity index (χ0) is 19.9. The van der Waals surface area contributed by atoms with Crippen molar-refractivity contribution < 1.29 is 9.59 Å². The van der Waals surface area contributed by atoms with Crippen molar-refractivity contribution in [1.82, 2.24) is 9.80 Å². The van der Waals surface area contributed by atoms with Gasteiger partial charge in [0, 0.05) is 26.3 Å². The van der Waals surface area contributed by atoms with Gasteiger partial charge in [0.1, 0.15) is 0 Å². The molecular weight excluding hydrogens is 350 g/mol. The minimum absolute atomic E-state index is 0.0177. The molecule has 1 atom stereocenters. The molecule has 2 aromatic rings. The summed E-state index contributed by atoms with van der Waals surface area (Å²) in [6.07, 6.45) is 1.84. The predicted molar refractivity (Wildman–Crippen MR) is 112 cm³/mol. The number of hydrogen-bond acceptors (Lipinski definition) is 3. The highest BCUT2D eigenvalue weighted by Gasteiger charge is 2.29. The molecule has 1 saturated heterocycles. The first-order valence-electron chi connectivity index (χ1n) is 9.87. The average Bonchev–Trinajstić information content (AvgIpc) is 2.73. The van der Waals surface area contributed by atoms with Crippen LogP contribution >= 0.6 is 0 Å². The predicted octanol–water partition coefficient (Wildman–Crippen LogP) is 3.02. The Morgan fingerprint density at radius 1 is 1.00 bits per heavy atom. The number of anilines is 1. The number of likely N-dealkylation sites (tertiary alicyclic amines) is 1. The third-order valence-corrected chi connectivity index (χ3v) is 5.21. The quantitative estimate of drug-likeness (QED) is 0.775. The van der Waals surface area contributed by atoms with Crippen LogP contribution < -0.4 is 4.90 Å². The van der Waals surface area contributed by atoms with E-state index < -0.39 is 0 Å². The smallest absolute Gasteiger partial charge is 0.241 e. The standard InChI is InChI=1S/C23H29N3O2/c1-24(2)23(28)20-12-9-15-25(17-20)18-22(27)26(21-13-7-4-8-14-21)16-19-10-5-3-6-11-19/h3-8,10-11,13-14,20H,9,12,15-18H2,1-2H3. The molecule has 28 heavy (non-hydrogen) atoms. The molecule has 0 spiro atoms. The molecule has 0 aromatic heterocycles. The number of carbonyl (C=O) groups excluding carboxylic acids is 2. The van der Waals surface area contributed by atoms with Crippen molar-refractivity contribution in [2.45, 2.75) is 19.4 Å². The summed E-state index contributed by atoms with van der Waals surface area (Å²) in [7, 11) is 3.59. The summed E-state index contributed by atoms with van der Waals surface area (Å²) in [6.45, 7) is 2.38. The number of benzene rings is 2. The van der Waals surface area contributed by atoms with Crippen LogP contribution in [-0.2, 0) is 16.1 Å². The third-order valence-electron chi connectivity index (χ3n) is 5.21. The lowest BCUT2D eigenvalue weighted by Crippen LogP contribution is -2.47. The van der Waals surface area contributed by atoms with Gasteiger partial charge in [0.25, 0.3) is 0 Å². The molecule has 148 valence electrons. The van der Waals surface area contributed by atoms with Crippen LogP contribution in [0.3, 0.4) is 0 Å². The van der Waals surface area contributed by atoms with Gasteiger partial charge in [-0.05, 0) is 37.1 Å². The second-order valence-electron chi connectivity index (χ2n) is 7.61. The first-order chi connectivity index (χ1) is 13.5. The fraction of sp³-hybridized carbons (Fsp3) is 0.391. The van der Waals surface area contributed by atoms with E-state index in [9.17, 15) is 9.59 Å². The molecule has 0 aliphatic carbocycles. The first kappa shape index (κ1) is 20.1. The Morgan fingerprint density at radius 2 is 1.64 bits per heavy atom. The van der Waals surface area contributed by atoms with Gasteiger partial charge >= 0.3 is 0 Å². The monoisotopic (exact) mass is 379 g/mol. The normalized spacial score (nSPS) is 17.1. The lowest BCUT2D eigenvalue weighted by molar-refractivity contribution is -0.135. The fourth-order valence-corrected chi connectivity index (χ4v) is 3.74. The molecule has 2 aromatic carbocycles. The molecule has 1 aliphatic rings. The Kier molecular flexibility index (Phi) is 6.82. The summed E-state index contributed by atoms with van der Waals surface area (Å²) < 4.78 is 0. The number of rotatable bonds is 6. The molecule has 0 bridgehead atoms. The van der Waals surface area contributed by atoms with Crippen molar-refractivity contribution in [3.63, 3.8) is 0 Å². The summed E-state index contributed by atoms with van der Waals surface area (Å²) in [5.41, 5.74) is 1.99. The largest absolute Gasteiger partial charge is 0.349 e. The van der Waals surface area contributed by atoms with Gasteiger partial charge in [-0.1, -0.05) is 48.5 Å². The van der Waals surface area contributed by atoms with Crippen LogP contribution in [0.1, 0.15) is 18.4 Å². The van der Waals surface area contributed by atoms with E-state index in [1.54, 1.807) is 19.0 Å². The average molecular weight is 380 g/mol. The van der Waals surface area contributed by atoms with Gasteiger partial charge in [-0.2, -0.15) is 0 Å². The minimum atomic E-state index is -0.0177. The summed E-state index contributed by atoms with van der Waals surface area (Å²) in [6, 6.07) is 19.8. The lowest BCUT2D eigenvalue weighted by atomic mass is 9.96. The van der Waals surface area contributed by atoms with Crippen LogP contribution in [0.25, 0.3) is 0 Å². The second-order valence-corrected chi connectivity index (χ2v) is 7.61. The van der Waals surface area contributed by atoms with Gasteiger partial charge in [-0.3, -0.25) is 14.5 Å². The van der Waals surface area contributed by atoms with Crippen molar-refractivity contribution in [2.24, 2.45) is 5.92 Å². The highest BCUT2D eigenvalue weighted by molar-refractivity contribution is 5.94. The van der Waals surface area contributed by atoms with Gasteiger partial charge in [0.15, 0.2) is 0 Å². The number of amides is 2. The van der Waals surface area contributed by atoms with Crippen molar-refractivity contribution in [3.8, 4) is 0 Å². The van der Waals surface area contributed by atoms with E-state index in [0.717, 1.165) is 30.6 Å². The highest BCUT2D eigenvalue weighted by atomic mass is 16.2. The van der Waals surface area contributed by atoms with E-state index in [2.05, 4.69) is 4.90 Å². The van der Waals surface area contributed by atoms with E-state index >= 15 is 0 Å². The fourth-order valence-electron chi connectivity index (χ4n) is 3.74. The molecule has 3 rings (SSSR count). The van der Waals surface area contributed by atoms with Crippen molar-refractivity contribution >= 4 is 17.5 Å². The van der Waals surface area contributed by atoms with Crippen molar-refractivity contribution in [1.29, 1.82) is 0 Å². The number of carbonyl (C=O) groups is 2. The molecule has 5 nitrogen and oxygen atoms in total. The molecule has 5 heteroatoms. The Morgan fingerprint density at radius 3 is 2.29 bits per heavy atom. The van der Waals surface area contributed by atoms with Gasteiger partial charge < -0.3 is 9.80 Å². The van der Waals surface area contributed by atoms with E-state index in [-0.39, 0.29) is 17.7 Å². The Labute approximate surface area is 167 Å². The first-order valence-corrected chi connectivity index (χ1v) is 9.87. The topological polar surface area (TPSA) is 43.9 Å². The number of hydrogen-bond donors (Lipinski definition) is 0. The zero-order valence-corrected chi connectivity index (χ0v) is 16.8. The molecule has 1 unspecified atom stereocenters. The zero-order valence-electron chi connectivity index (χ0n) is 16.8. The molecule has 1 aliphatic heterocycles. The van der Waals surface area contributed by atoms with Crippen LogP contribution in [0.15, 0.2) is 60.7 Å². The Balaban J connectivity index is 1.71. The molecular formula is C23H29N3O2. The second kappa shape index (κ2) is 9.51. The maximum Gasteiger partial charge on any atom is 0.241 e. The Bertz CT molecular complexity index is 777. The van der Waals surface area contributed by atoms with Crippen LogP contribution in [0.4, 0.5) is 5.69 Å². The van der Waals surface area contributed by atoms with Gasteiger partial charge in [-0.25, -0.2) is 0 Å². The number of nitrogens with zero attached hydrogens (tertiary/aromatic N) is 3. The molecule has 0 N–H and O–H groups in total. The van der Waals surface area contributed by atoms with Crippen molar-refractivity contribution in [3.05, 3.63) is 66.2 Å². The van der Waals surface area contributed by atoms with Gasteiger partial charge in [0.05, 0.1) is 19.0 Å². The summed E-state index contributed by atoms with van der Waals surface area (Å²) >= 11 is 0. The third kappa shape index (κ3) is 5.20. The molecule has 0 saturated carbocycles. The Hall–Kier alpha value is -2.66. The minimum Gasteiger partial charge on any atom is -0.349 e. The molecule has 1 heterocycles. The summed E-state index contributed by atoms with van der Waals surface area (Å²) in [5, 5.41) is 0. The number of piperidine rings is 1. The molecule has 0 radical (unpaired) electrons. The van der Waals surface area contributed by atoms with Gasteiger partial charge in [-0.15, -0.1) is 0 Å². The van der Waals surface area contributed by atoms with Crippen molar-refractivity contribution in [2.75, 3.05) is 38.6 Å². The van der Waals surface area contributed by atoms with E-state index in [1.165, 1.54) is 0 Å². The SMILES string of the molecule is CN(C)C(=O)C1CCCN(CC(=O)N(Cc2ccccc2)c2ccccc2)C1. The van der Waals surface area contributed by atoms with Crippen LogP contribution in [0, 0.1) is 5.92 Å². The van der Waals surface area contributed by atoms with Crippen LogP contribution in [-0.4, -0.2) is 55.3 Å². The summed E-state index contributed by atoms with van der Waals surface area (Å²) in [4.78, 5) is 31.2. The van der Waals surface area contributed by atoms with E-state index in [0.29, 0.717) is 19.6 Å². The molecule has 2 amide bonds. The van der Waals surface area contributed by atoms with Crippen LogP contribution in [0.5, 0.6) is 0 Å². The van der Waals surface area contributed by atoms with E-state index in [4.69, 9.17) is 0 Å². The summed E-state index contributed by atoms with van der Waals surface area (Å²) in [5.74, 6) is 0.199. The maximum atomic E-state index is 13.2. The molecule has 1 fully saturated rings. The van der Waals surface area contributed by atoms with Crippen LogP contribution in [0.2, 0.25) is 0 Å².